The summed E-state index contributed by atoms with van der Waals surface area (Å²) in [5.41, 5.74) is 0. The third-order valence-corrected chi connectivity index (χ3v) is 3.38. The summed E-state index contributed by atoms with van der Waals surface area (Å²) in [4.78, 5) is 27.0. The number of carbonyl (C=O) groups is 2. The van der Waals surface area contributed by atoms with Gasteiger partial charge in [-0.25, -0.2) is 0 Å². The number of nitrogens with one attached hydrogen (secondary N) is 1. The molecule has 1 N–H and O–H groups in total. The maximum Gasteiger partial charge on any atom is 0.221 e. The van der Waals surface area contributed by atoms with Crippen molar-refractivity contribution in [1.82, 2.24) is 15.1 Å². The Morgan fingerprint density at radius 3 is 2.60 bits per heavy atom. The van der Waals surface area contributed by atoms with Crippen molar-refractivity contribution < 1.29 is 14.3 Å². The van der Waals surface area contributed by atoms with Gasteiger partial charge in [-0.3, -0.25) is 9.59 Å². The molecular weight excluding hydrogens is 258 g/mol. The molecule has 1 fully saturated rings. The van der Waals surface area contributed by atoms with E-state index in [2.05, 4.69) is 5.32 Å². The van der Waals surface area contributed by atoms with E-state index in [9.17, 15) is 9.59 Å². The van der Waals surface area contributed by atoms with Gasteiger partial charge < -0.3 is 19.9 Å². The van der Waals surface area contributed by atoms with Crippen LogP contribution in [0.4, 0.5) is 0 Å². The van der Waals surface area contributed by atoms with Gasteiger partial charge in [0, 0.05) is 46.1 Å². The molecule has 1 unspecified atom stereocenters. The van der Waals surface area contributed by atoms with Crippen molar-refractivity contribution >= 4 is 11.8 Å². The van der Waals surface area contributed by atoms with Gasteiger partial charge in [-0.2, -0.15) is 0 Å². The van der Waals surface area contributed by atoms with Crippen molar-refractivity contribution in [2.24, 2.45) is 0 Å². The molecule has 0 aliphatic carbocycles. The molecule has 0 spiro atoms. The average Bonchev–Trinajstić information content (AvgIpc) is 2.86. The van der Waals surface area contributed by atoms with Crippen LogP contribution < -0.4 is 5.32 Å². The summed E-state index contributed by atoms with van der Waals surface area (Å²) in [7, 11) is 3.93. The van der Waals surface area contributed by atoms with Crippen molar-refractivity contribution in [3.8, 4) is 0 Å². The molecule has 1 aliphatic rings. The summed E-state index contributed by atoms with van der Waals surface area (Å²) >= 11 is 0. The highest BCUT2D eigenvalue weighted by Gasteiger charge is 2.21. The molecule has 1 saturated heterocycles. The maximum atomic E-state index is 11.7. The zero-order valence-electron chi connectivity index (χ0n) is 12.9. The second-order valence-corrected chi connectivity index (χ2v) is 5.50. The van der Waals surface area contributed by atoms with E-state index in [0.717, 1.165) is 26.0 Å². The molecule has 20 heavy (non-hydrogen) atoms. The van der Waals surface area contributed by atoms with Gasteiger partial charge in [-0.15, -0.1) is 0 Å². The van der Waals surface area contributed by atoms with E-state index in [-0.39, 0.29) is 17.9 Å². The lowest BCUT2D eigenvalue weighted by Gasteiger charge is -2.24. The SMILES string of the molecule is CC(=O)N(CCC(=O)NCCN(C)C)CC1CCCO1. The molecule has 0 radical (unpaired) electrons. The Morgan fingerprint density at radius 2 is 2.05 bits per heavy atom. The quantitative estimate of drug-likeness (QED) is 0.686. The van der Waals surface area contributed by atoms with E-state index < -0.39 is 0 Å². The first-order valence-electron chi connectivity index (χ1n) is 7.27. The van der Waals surface area contributed by atoms with Gasteiger partial charge in [0.2, 0.25) is 11.8 Å². The summed E-state index contributed by atoms with van der Waals surface area (Å²) in [6.07, 6.45) is 2.54. The first kappa shape index (κ1) is 16.9. The van der Waals surface area contributed by atoms with Gasteiger partial charge in [0.15, 0.2) is 0 Å². The number of hydrogen-bond acceptors (Lipinski definition) is 4. The Labute approximate surface area is 121 Å². The van der Waals surface area contributed by atoms with Crippen LogP contribution in [0.2, 0.25) is 0 Å². The van der Waals surface area contributed by atoms with E-state index in [0.29, 0.717) is 26.1 Å². The predicted octanol–water partition coefficient (Wildman–Crippen LogP) is 0.0818. The van der Waals surface area contributed by atoms with Crippen LogP contribution in [0.15, 0.2) is 0 Å². The third-order valence-electron chi connectivity index (χ3n) is 3.38. The number of nitrogens with zero attached hydrogens (tertiary/aromatic N) is 2. The Balaban J connectivity index is 2.23. The molecule has 6 nitrogen and oxygen atoms in total. The summed E-state index contributed by atoms with van der Waals surface area (Å²) in [5, 5.41) is 2.85. The largest absolute Gasteiger partial charge is 0.376 e. The van der Waals surface area contributed by atoms with Gasteiger partial charge in [-0.05, 0) is 26.9 Å². The number of ether oxygens (including phenoxy) is 1. The van der Waals surface area contributed by atoms with Crippen molar-refractivity contribution in [1.29, 1.82) is 0 Å². The van der Waals surface area contributed by atoms with Gasteiger partial charge in [0.25, 0.3) is 0 Å². The number of carbonyl (C=O) groups excluding carboxylic acids is 2. The Bertz CT molecular complexity index is 315. The number of likely N-dealkylation sites (N-methyl/N-ethyl adjacent to an activating group) is 1. The van der Waals surface area contributed by atoms with Crippen LogP contribution in [0.3, 0.4) is 0 Å². The van der Waals surface area contributed by atoms with Crippen molar-refractivity contribution in [2.45, 2.75) is 32.3 Å². The van der Waals surface area contributed by atoms with Crippen LogP contribution in [-0.2, 0) is 14.3 Å². The maximum absolute atomic E-state index is 11.7. The zero-order valence-corrected chi connectivity index (χ0v) is 12.9. The first-order chi connectivity index (χ1) is 9.49. The van der Waals surface area contributed by atoms with Crippen molar-refractivity contribution in [2.75, 3.05) is 46.9 Å². The van der Waals surface area contributed by atoms with E-state index in [4.69, 9.17) is 4.74 Å². The Hall–Kier alpha value is -1.14. The molecule has 0 aromatic heterocycles. The normalized spacial score (nSPS) is 18.3. The highest BCUT2D eigenvalue weighted by atomic mass is 16.5. The standard InChI is InChI=1S/C14H27N3O3/c1-12(18)17(11-13-5-4-10-20-13)8-6-14(19)15-7-9-16(2)3/h13H,4-11H2,1-3H3,(H,15,19). The first-order valence-corrected chi connectivity index (χ1v) is 7.27. The fraction of sp³-hybridized carbons (Fsp3) is 0.857. The fourth-order valence-corrected chi connectivity index (χ4v) is 2.16. The zero-order chi connectivity index (χ0) is 15.0. The molecule has 2 amide bonds. The van der Waals surface area contributed by atoms with Gasteiger partial charge in [0.05, 0.1) is 6.10 Å². The van der Waals surface area contributed by atoms with Gasteiger partial charge >= 0.3 is 0 Å². The molecule has 0 saturated carbocycles. The average molecular weight is 285 g/mol. The van der Waals surface area contributed by atoms with Crippen LogP contribution in [0.5, 0.6) is 0 Å². The molecule has 1 heterocycles. The minimum atomic E-state index is -0.00885. The van der Waals surface area contributed by atoms with Crippen molar-refractivity contribution in [3.63, 3.8) is 0 Å². The Kier molecular flexibility index (Phi) is 7.54. The summed E-state index contributed by atoms with van der Waals surface area (Å²) in [6, 6.07) is 0. The smallest absolute Gasteiger partial charge is 0.221 e. The molecular formula is C14H27N3O3. The third kappa shape index (κ3) is 6.86. The lowest BCUT2D eigenvalue weighted by Crippen LogP contribution is -2.39. The molecule has 0 aromatic rings. The number of amides is 2. The van der Waals surface area contributed by atoms with Gasteiger partial charge in [-0.1, -0.05) is 0 Å². The fourth-order valence-electron chi connectivity index (χ4n) is 2.16. The summed E-state index contributed by atoms with van der Waals surface area (Å²) < 4.78 is 5.53. The highest BCUT2D eigenvalue weighted by molar-refractivity contribution is 5.78. The van der Waals surface area contributed by atoms with Crippen LogP contribution in [0, 0.1) is 0 Å². The molecule has 6 heteroatoms. The van der Waals surface area contributed by atoms with Crippen LogP contribution in [0.25, 0.3) is 0 Å². The molecule has 0 bridgehead atoms. The summed E-state index contributed by atoms with van der Waals surface area (Å²) in [6.45, 7) is 4.83. The molecule has 1 aliphatic heterocycles. The topological polar surface area (TPSA) is 61.9 Å². The number of hydrogen-bond donors (Lipinski definition) is 1. The van der Waals surface area contributed by atoms with Crippen molar-refractivity contribution in [3.05, 3.63) is 0 Å². The van der Waals surface area contributed by atoms with E-state index >= 15 is 0 Å². The Morgan fingerprint density at radius 1 is 1.30 bits per heavy atom. The van der Waals surface area contributed by atoms with Crippen LogP contribution in [-0.4, -0.2) is 74.6 Å². The second kappa shape index (κ2) is 8.92. The minimum Gasteiger partial charge on any atom is -0.376 e. The lowest BCUT2D eigenvalue weighted by atomic mass is 10.2. The summed E-state index contributed by atoms with van der Waals surface area (Å²) in [5.74, 6) is -0.00738. The second-order valence-electron chi connectivity index (χ2n) is 5.50. The molecule has 1 atom stereocenters. The van der Waals surface area contributed by atoms with Gasteiger partial charge in [0.1, 0.15) is 0 Å². The van der Waals surface area contributed by atoms with E-state index in [1.54, 1.807) is 11.8 Å². The molecule has 1 rings (SSSR count). The van der Waals surface area contributed by atoms with E-state index in [1.165, 1.54) is 0 Å². The monoisotopic (exact) mass is 285 g/mol. The minimum absolute atomic E-state index is 0.00147. The lowest BCUT2D eigenvalue weighted by molar-refractivity contribution is -0.131. The van der Waals surface area contributed by atoms with Crippen LogP contribution >= 0.6 is 0 Å². The molecule has 0 aromatic carbocycles. The number of rotatable bonds is 8. The van der Waals surface area contributed by atoms with Crippen LogP contribution in [0.1, 0.15) is 26.2 Å². The highest BCUT2D eigenvalue weighted by Crippen LogP contribution is 2.13. The molecule has 116 valence electrons. The predicted molar refractivity (Wildman–Crippen MR) is 77.4 cm³/mol. The van der Waals surface area contributed by atoms with E-state index in [1.807, 2.05) is 19.0 Å².